The Morgan fingerprint density at radius 2 is 1.39 bits per heavy atom. The number of carbonyl (C=O) groups excluding carboxylic acids is 1. The maximum atomic E-state index is 13.0. The van der Waals surface area contributed by atoms with Gasteiger partial charge in [-0.15, -0.1) is 0 Å². The molecule has 1 N–H and O–H groups in total. The average molecular weight is 467 g/mol. The zero-order valence-electron chi connectivity index (χ0n) is 19.0. The monoisotopic (exact) mass is 466 g/mol. The second-order valence-electron chi connectivity index (χ2n) is 7.91. The van der Waals surface area contributed by atoms with Gasteiger partial charge in [0.2, 0.25) is 10.0 Å². The summed E-state index contributed by atoms with van der Waals surface area (Å²) in [6.45, 7) is 4.53. The molecule has 1 amide bonds. The molecule has 0 unspecified atom stereocenters. The van der Waals surface area contributed by atoms with Gasteiger partial charge in [0.05, 0.1) is 4.90 Å². The van der Waals surface area contributed by atoms with E-state index < -0.39 is 10.0 Å². The topological polar surface area (TPSA) is 75.7 Å². The van der Waals surface area contributed by atoms with Crippen LogP contribution in [0.1, 0.15) is 31.4 Å². The van der Waals surface area contributed by atoms with Gasteiger partial charge in [0.15, 0.2) is 6.61 Å². The van der Waals surface area contributed by atoms with Crippen LogP contribution in [-0.4, -0.2) is 31.9 Å². The van der Waals surface area contributed by atoms with Gasteiger partial charge in [-0.05, 0) is 48.7 Å². The van der Waals surface area contributed by atoms with Crippen molar-refractivity contribution in [1.29, 1.82) is 0 Å². The van der Waals surface area contributed by atoms with Gasteiger partial charge in [-0.25, -0.2) is 13.1 Å². The van der Waals surface area contributed by atoms with Gasteiger partial charge in [0, 0.05) is 19.1 Å². The number of carbonyl (C=O) groups is 1. The number of hydrogen-bond acceptors (Lipinski definition) is 4. The fourth-order valence-corrected chi connectivity index (χ4v) is 4.53. The van der Waals surface area contributed by atoms with Crippen molar-refractivity contribution < 1.29 is 17.9 Å². The molecule has 3 aromatic rings. The molecule has 33 heavy (non-hydrogen) atoms. The highest BCUT2D eigenvalue weighted by Gasteiger charge is 2.18. The zero-order valence-corrected chi connectivity index (χ0v) is 19.8. The third-order valence-corrected chi connectivity index (χ3v) is 6.86. The van der Waals surface area contributed by atoms with Gasteiger partial charge in [0.25, 0.3) is 5.91 Å². The van der Waals surface area contributed by atoms with Gasteiger partial charge in [-0.3, -0.25) is 4.79 Å². The Balaban J connectivity index is 1.65. The molecule has 0 radical (unpaired) electrons. The van der Waals surface area contributed by atoms with Crippen LogP contribution in [0, 0.1) is 0 Å². The molecular weight excluding hydrogens is 436 g/mol. The highest BCUT2D eigenvalue weighted by atomic mass is 32.2. The van der Waals surface area contributed by atoms with Gasteiger partial charge in [-0.2, -0.15) is 0 Å². The highest BCUT2D eigenvalue weighted by Crippen LogP contribution is 2.17. The van der Waals surface area contributed by atoms with Crippen LogP contribution >= 0.6 is 0 Å². The lowest BCUT2D eigenvalue weighted by Gasteiger charge is -2.23. The van der Waals surface area contributed by atoms with Gasteiger partial charge in [0.1, 0.15) is 5.75 Å². The van der Waals surface area contributed by atoms with Crippen LogP contribution in [0.4, 0.5) is 0 Å². The maximum Gasteiger partial charge on any atom is 0.261 e. The van der Waals surface area contributed by atoms with E-state index in [-0.39, 0.29) is 23.5 Å². The van der Waals surface area contributed by atoms with Crippen LogP contribution in [0.25, 0.3) is 0 Å². The summed E-state index contributed by atoms with van der Waals surface area (Å²) in [5, 5.41) is 0. The molecule has 1 atom stereocenters. The molecular formula is C26H30N2O4S. The first-order chi connectivity index (χ1) is 15.9. The summed E-state index contributed by atoms with van der Waals surface area (Å²) in [5.41, 5.74) is 2.07. The summed E-state index contributed by atoms with van der Waals surface area (Å²) < 4.78 is 33.1. The van der Waals surface area contributed by atoms with Crippen LogP contribution in [0.15, 0.2) is 89.8 Å². The predicted octanol–water partition coefficient (Wildman–Crippen LogP) is 4.37. The van der Waals surface area contributed by atoms with Crippen molar-refractivity contribution in [2.75, 3.05) is 6.61 Å². The van der Waals surface area contributed by atoms with Gasteiger partial charge < -0.3 is 9.64 Å². The van der Waals surface area contributed by atoms with Crippen molar-refractivity contribution in [2.45, 2.75) is 44.3 Å². The third kappa shape index (κ3) is 7.44. The predicted molar refractivity (Wildman–Crippen MR) is 129 cm³/mol. The molecule has 0 saturated heterocycles. The van der Waals surface area contributed by atoms with E-state index in [1.165, 1.54) is 12.1 Å². The van der Waals surface area contributed by atoms with Gasteiger partial charge in [-0.1, -0.05) is 67.6 Å². The molecule has 0 fully saturated rings. The van der Waals surface area contributed by atoms with Crippen LogP contribution in [0.5, 0.6) is 5.75 Å². The van der Waals surface area contributed by atoms with Gasteiger partial charge >= 0.3 is 0 Å². The molecule has 0 aromatic heterocycles. The van der Waals surface area contributed by atoms with Crippen molar-refractivity contribution in [3.8, 4) is 5.75 Å². The summed E-state index contributed by atoms with van der Waals surface area (Å²) in [7, 11) is -3.58. The SMILES string of the molecule is CC[C@@H](C)NS(=O)(=O)c1ccc(OCC(=O)N(Cc2ccccc2)Cc2ccccc2)cc1. The fourth-order valence-electron chi connectivity index (χ4n) is 3.21. The van der Waals surface area contributed by atoms with Crippen LogP contribution in [0.3, 0.4) is 0 Å². The van der Waals surface area contributed by atoms with Crippen LogP contribution in [-0.2, 0) is 27.9 Å². The smallest absolute Gasteiger partial charge is 0.261 e. The van der Waals surface area contributed by atoms with E-state index in [0.717, 1.165) is 11.1 Å². The Bertz CT molecular complexity index is 1080. The lowest BCUT2D eigenvalue weighted by atomic mass is 10.1. The molecule has 3 aromatic carbocycles. The van der Waals surface area contributed by atoms with Crippen LogP contribution < -0.4 is 9.46 Å². The number of ether oxygens (including phenoxy) is 1. The number of nitrogens with zero attached hydrogens (tertiary/aromatic N) is 1. The molecule has 6 nitrogen and oxygen atoms in total. The van der Waals surface area contributed by atoms with E-state index in [1.807, 2.05) is 74.5 Å². The van der Waals surface area contributed by atoms with Crippen molar-refractivity contribution in [2.24, 2.45) is 0 Å². The van der Waals surface area contributed by atoms with Crippen LogP contribution in [0.2, 0.25) is 0 Å². The summed E-state index contributed by atoms with van der Waals surface area (Å²) >= 11 is 0. The molecule has 7 heteroatoms. The first kappa shape index (κ1) is 24.5. The fraction of sp³-hybridized carbons (Fsp3) is 0.269. The minimum Gasteiger partial charge on any atom is -0.484 e. The Morgan fingerprint density at radius 1 is 0.879 bits per heavy atom. The van der Waals surface area contributed by atoms with E-state index >= 15 is 0 Å². The normalized spacial score (nSPS) is 12.2. The van der Waals surface area contributed by atoms with Crippen molar-refractivity contribution in [1.82, 2.24) is 9.62 Å². The quantitative estimate of drug-likeness (QED) is 0.455. The first-order valence-electron chi connectivity index (χ1n) is 11.0. The van der Waals surface area contributed by atoms with E-state index in [1.54, 1.807) is 17.0 Å². The second-order valence-corrected chi connectivity index (χ2v) is 9.63. The molecule has 0 bridgehead atoms. The Hall–Kier alpha value is -3.16. The lowest BCUT2D eigenvalue weighted by molar-refractivity contribution is -0.134. The Kier molecular flexibility index (Phi) is 8.63. The molecule has 174 valence electrons. The summed E-state index contributed by atoms with van der Waals surface area (Å²) in [6, 6.07) is 25.6. The number of benzene rings is 3. The molecule has 0 heterocycles. The Morgan fingerprint density at radius 3 is 1.88 bits per heavy atom. The first-order valence-corrected chi connectivity index (χ1v) is 12.5. The molecule has 0 aliphatic carbocycles. The number of rotatable bonds is 11. The number of nitrogens with one attached hydrogen (secondary N) is 1. The molecule has 0 spiro atoms. The highest BCUT2D eigenvalue weighted by molar-refractivity contribution is 7.89. The largest absolute Gasteiger partial charge is 0.484 e. The number of amides is 1. The van der Waals surface area contributed by atoms with E-state index in [4.69, 9.17) is 4.74 Å². The van der Waals surface area contributed by atoms with E-state index in [2.05, 4.69) is 4.72 Å². The summed E-state index contributed by atoms with van der Waals surface area (Å²) in [6.07, 6.45) is 0.699. The molecule has 0 aliphatic rings. The minimum absolute atomic E-state index is 0.142. The van der Waals surface area contributed by atoms with Crippen molar-refractivity contribution >= 4 is 15.9 Å². The summed E-state index contributed by atoms with van der Waals surface area (Å²) in [4.78, 5) is 14.9. The lowest BCUT2D eigenvalue weighted by Crippen LogP contribution is -2.34. The molecule has 3 rings (SSSR count). The maximum absolute atomic E-state index is 13.0. The standard InChI is InChI=1S/C26H30N2O4S/c1-3-21(2)27-33(30,31)25-16-14-24(15-17-25)32-20-26(29)28(18-22-10-6-4-7-11-22)19-23-12-8-5-9-13-23/h4-17,21,27H,3,18-20H2,1-2H3/t21-/m1/s1. The van der Waals surface area contributed by atoms with E-state index in [9.17, 15) is 13.2 Å². The zero-order chi connectivity index (χ0) is 23.7. The second kappa shape index (κ2) is 11.6. The average Bonchev–Trinajstić information content (AvgIpc) is 2.83. The summed E-state index contributed by atoms with van der Waals surface area (Å²) in [5.74, 6) is 0.281. The third-order valence-electron chi connectivity index (χ3n) is 5.25. The molecule has 0 aliphatic heterocycles. The minimum atomic E-state index is -3.58. The number of hydrogen-bond donors (Lipinski definition) is 1. The van der Waals surface area contributed by atoms with Crippen molar-refractivity contribution in [3.05, 3.63) is 96.1 Å². The van der Waals surface area contributed by atoms with E-state index in [0.29, 0.717) is 25.3 Å². The Labute approximate surface area is 196 Å². The van der Waals surface area contributed by atoms with Crippen molar-refractivity contribution in [3.63, 3.8) is 0 Å². The number of sulfonamides is 1. The molecule has 0 saturated carbocycles.